The van der Waals surface area contributed by atoms with Crippen LogP contribution in [-0.2, 0) is 11.3 Å². The van der Waals surface area contributed by atoms with E-state index in [-0.39, 0.29) is 12.6 Å². The molecule has 0 saturated heterocycles. The highest BCUT2D eigenvalue weighted by molar-refractivity contribution is 7.15. The first-order valence-corrected chi connectivity index (χ1v) is 8.43. The Balaban J connectivity index is 1.96. The SMILES string of the molecule is Cc1nc(-c2ccccc2)sc1CNC(=O)N(C)CC(C)C(=O)O. The number of hydrogen-bond donors (Lipinski definition) is 2. The molecule has 0 spiro atoms. The number of carbonyl (C=O) groups is 2. The van der Waals surface area contributed by atoms with Crippen LogP contribution in [0.4, 0.5) is 4.79 Å². The summed E-state index contributed by atoms with van der Waals surface area (Å²) in [6.07, 6.45) is 0. The van der Waals surface area contributed by atoms with Crippen LogP contribution < -0.4 is 5.32 Å². The van der Waals surface area contributed by atoms with Crippen LogP contribution in [0, 0.1) is 12.8 Å². The first-order valence-electron chi connectivity index (χ1n) is 7.62. The summed E-state index contributed by atoms with van der Waals surface area (Å²) in [5.74, 6) is -1.52. The number of urea groups is 1. The second-order valence-corrected chi connectivity index (χ2v) is 6.76. The van der Waals surface area contributed by atoms with Crippen LogP contribution in [-0.4, -0.2) is 40.6 Å². The lowest BCUT2D eigenvalue weighted by Gasteiger charge is -2.19. The molecule has 6 nitrogen and oxygen atoms in total. The van der Waals surface area contributed by atoms with Crippen molar-refractivity contribution in [2.75, 3.05) is 13.6 Å². The number of nitrogens with one attached hydrogen (secondary N) is 1. The van der Waals surface area contributed by atoms with Crippen molar-refractivity contribution in [1.82, 2.24) is 15.2 Å². The van der Waals surface area contributed by atoms with E-state index < -0.39 is 11.9 Å². The maximum atomic E-state index is 12.1. The molecule has 0 bridgehead atoms. The molecule has 2 N–H and O–H groups in total. The van der Waals surface area contributed by atoms with Gasteiger partial charge in [0, 0.05) is 24.0 Å². The van der Waals surface area contributed by atoms with Crippen LogP contribution in [0.15, 0.2) is 30.3 Å². The molecule has 128 valence electrons. The zero-order valence-corrected chi connectivity index (χ0v) is 14.8. The number of aliphatic carboxylic acids is 1. The first kappa shape index (κ1) is 17.9. The van der Waals surface area contributed by atoms with Gasteiger partial charge in [-0.2, -0.15) is 0 Å². The van der Waals surface area contributed by atoms with Crippen molar-refractivity contribution >= 4 is 23.3 Å². The number of nitrogens with zero attached hydrogens (tertiary/aromatic N) is 2. The summed E-state index contributed by atoms with van der Waals surface area (Å²) in [4.78, 5) is 29.8. The van der Waals surface area contributed by atoms with Crippen LogP contribution in [0.1, 0.15) is 17.5 Å². The average molecular weight is 347 g/mol. The monoisotopic (exact) mass is 347 g/mol. The third kappa shape index (κ3) is 4.55. The van der Waals surface area contributed by atoms with Crippen LogP contribution in [0.3, 0.4) is 0 Å². The zero-order valence-electron chi connectivity index (χ0n) is 13.9. The molecule has 1 unspecified atom stereocenters. The molecule has 0 radical (unpaired) electrons. The van der Waals surface area contributed by atoms with Gasteiger partial charge in [0.05, 0.1) is 18.2 Å². The lowest BCUT2D eigenvalue weighted by atomic mass is 10.2. The molecule has 0 fully saturated rings. The Hall–Kier alpha value is -2.41. The third-order valence-corrected chi connectivity index (χ3v) is 4.84. The minimum atomic E-state index is -0.916. The molecule has 1 aromatic carbocycles. The Bertz CT molecular complexity index is 715. The molecule has 1 aromatic heterocycles. The summed E-state index contributed by atoms with van der Waals surface area (Å²) in [5.41, 5.74) is 1.94. The van der Waals surface area contributed by atoms with E-state index in [4.69, 9.17) is 5.11 Å². The van der Waals surface area contributed by atoms with Crippen molar-refractivity contribution in [2.24, 2.45) is 5.92 Å². The molecule has 0 aliphatic rings. The van der Waals surface area contributed by atoms with Gasteiger partial charge >= 0.3 is 12.0 Å². The van der Waals surface area contributed by atoms with Gasteiger partial charge in [-0.1, -0.05) is 37.3 Å². The van der Waals surface area contributed by atoms with Gasteiger partial charge in [0.2, 0.25) is 0 Å². The van der Waals surface area contributed by atoms with Crippen LogP contribution in [0.2, 0.25) is 0 Å². The normalized spacial score (nSPS) is 11.8. The number of hydrogen-bond acceptors (Lipinski definition) is 4. The summed E-state index contributed by atoms with van der Waals surface area (Å²) in [7, 11) is 1.59. The van der Waals surface area contributed by atoms with E-state index >= 15 is 0 Å². The van der Waals surface area contributed by atoms with Crippen LogP contribution >= 0.6 is 11.3 Å². The van der Waals surface area contributed by atoms with Gasteiger partial charge in [0.25, 0.3) is 0 Å². The fraction of sp³-hybridized carbons (Fsp3) is 0.353. The molecule has 2 rings (SSSR count). The molecule has 0 saturated carbocycles. The highest BCUT2D eigenvalue weighted by atomic mass is 32.1. The van der Waals surface area contributed by atoms with Gasteiger partial charge in [0.1, 0.15) is 5.01 Å². The number of benzene rings is 1. The Labute approximate surface area is 145 Å². The summed E-state index contributed by atoms with van der Waals surface area (Å²) in [5, 5.41) is 12.6. The summed E-state index contributed by atoms with van der Waals surface area (Å²) in [6.45, 7) is 4.03. The smallest absolute Gasteiger partial charge is 0.317 e. The summed E-state index contributed by atoms with van der Waals surface area (Å²) >= 11 is 1.55. The second kappa shape index (κ2) is 7.92. The minimum absolute atomic E-state index is 0.165. The fourth-order valence-corrected chi connectivity index (χ4v) is 3.17. The van der Waals surface area contributed by atoms with Crippen molar-refractivity contribution in [3.05, 3.63) is 40.9 Å². The number of carboxylic acids is 1. The van der Waals surface area contributed by atoms with E-state index in [9.17, 15) is 9.59 Å². The molecule has 7 heteroatoms. The number of aromatic nitrogens is 1. The largest absolute Gasteiger partial charge is 0.481 e. The van der Waals surface area contributed by atoms with Gasteiger partial charge in [-0.05, 0) is 6.92 Å². The lowest BCUT2D eigenvalue weighted by Crippen LogP contribution is -2.40. The number of thiazole rings is 1. The number of aryl methyl sites for hydroxylation is 1. The van der Waals surface area contributed by atoms with Crippen molar-refractivity contribution in [3.8, 4) is 10.6 Å². The summed E-state index contributed by atoms with van der Waals surface area (Å²) < 4.78 is 0. The average Bonchev–Trinajstić information content (AvgIpc) is 2.94. The van der Waals surface area contributed by atoms with E-state index in [0.717, 1.165) is 21.1 Å². The molecule has 24 heavy (non-hydrogen) atoms. The Morgan fingerprint density at radius 2 is 2.00 bits per heavy atom. The zero-order chi connectivity index (χ0) is 17.7. The van der Waals surface area contributed by atoms with E-state index in [1.165, 1.54) is 4.90 Å². The molecule has 1 heterocycles. The maximum absolute atomic E-state index is 12.1. The van der Waals surface area contributed by atoms with Gasteiger partial charge in [-0.15, -0.1) is 11.3 Å². The first-order chi connectivity index (χ1) is 11.4. The number of carbonyl (C=O) groups excluding carboxylic acids is 1. The van der Waals surface area contributed by atoms with Crippen molar-refractivity contribution in [2.45, 2.75) is 20.4 Å². The van der Waals surface area contributed by atoms with E-state index in [1.807, 2.05) is 37.3 Å². The lowest BCUT2D eigenvalue weighted by molar-refractivity contribution is -0.141. The van der Waals surface area contributed by atoms with Crippen molar-refractivity contribution in [1.29, 1.82) is 0 Å². The van der Waals surface area contributed by atoms with Gasteiger partial charge in [-0.25, -0.2) is 9.78 Å². The van der Waals surface area contributed by atoms with Crippen molar-refractivity contribution in [3.63, 3.8) is 0 Å². The van der Waals surface area contributed by atoms with Crippen LogP contribution in [0.25, 0.3) is 10.6 Å². The van der Waals surface area contributed by atoms with Gasteiger partial charge in [0.15, 0.2) is 0 Å². The van der Waals surface area contributed by atoms with E-state index in [2.05, 4.69) is 10.3 Å². The number of amides is 2. The number of rotatable bonds is 6. The summed E-state index contributed by atoms with van der Waals surface area (Å²) in [6, 6.07) is 9.60. The predicted octanol–water partition coefficient (Wildman–Crippen LogP) is 2.98. The van der Waals surface area contributed by atoms with Gasteiger partial charge in [-0.3, -0.25) is 4.79 Å². The predicted molar refractivity (Wildman–Crippen MR) is 94.0 cm³/mol. The molecule has 2 amide bonds. The maximum Gasteiger partial charge on any atom is 0.317 e. The minimum Gasteiger partial charge on any atom is -0.481 e. The van der Waals surface area contributed by atoms with Crippen LogP contribution in [0.5, 0.6) is 0 Å². The Kier molecular flexibility index (Phi) is 5.92. The topological polar surface area (TPSA) is 82.5 Å². The highest BCUT2D eigenvalue weighted by Crippen LogP contribution is 2.27. The van der Waals surface area contributed by atoms with Crippen molar-refractivity contribution < 1.29 is 14.7 Å². The Morgan fingerprint density at radius 3 is 2.62 bits per heavy atom. The standard InChI is InChI=1S/C17H21N3O3S/c1-11(16(21)22)10-20(3)17(23)18-9-14-12(2)19-15(24-14)13-7-5-4-6-8-13/h4-8,11H,9-10H2,1-3H3,(H,18,23)(H,21,22). The molecule has 0 aliphatic heterocycles. The quantitative estimate of drug-likeness (QED) is 0.841. The van der Waals surface area contributed by atoms with E-state index in [0.29, 0.717) is 6.54 Å². The molecular weight excluding hydrogens is 326 g/mol. The van der Waals surface area contributed by atoms with E-state index in [1.54, 1.807) is 25.3 Å². The molecular formula is C17H21N3O3S. The van der Waals surface area contributed by atoms with Gasteiger partial charge < -0.3 is 15.3 Å². The number of carboxylic acid groups (broad SMARTS) is 1. The third-order valence-electron chi connectivity index (χ3n) is 3.63. The highest BCUT2D eigenvalue weighted by Gasteiger charge is 2.18. The molecule has 0 aliphatic carbocycles. The second-order valence-electron chi connectivity index (χ2n) is 5.67. The molecule has 2 aromatic rings. The molecule has 1 atom stereocenters. The Morgan fingerprint density at radius 1 is 1.33 bits per heavy atom. The fourth-order valence-electron chi connectivity index (χ4n) is 2.16.